The van der Waals surface area contributed by atoms with Crippen molar-refractivity contribution >= 4 is 33.2 Å². The lowest BCUT2D eigenvalue weighted by Crippen LogP contribution is -2.28. The average molecular weight is 481 g/mol. The van der Waals surface area contributed by atoms with Gasteiger partial charge in [-0.25, -0.2) is 17.2 Å². The van der Waals surface area contributed by atoms with Gasteiger partial charge in [0.15, 0.2) is 5.75 Å². The van der Waals surface area contributed by atoms with E-state index in [1.807, 2.05) is 4.72 Å². The molecule has 1 amide bonds. The summed E-state index contributed by atoms with van der Waals surface area (Å²) < 4.78 is 62.6. The Morgan fingerprint density at radius 1 is 1.03 bits per heavy atom. The predicted molar refractivity (Wildman–Crippen MR) is 114 cm³/mol. The molecule has 4 bridgehead atoms. The van der Waals surface area contributed by atoms with E-state index in [1.54, 1.807) is 18.2 Å². The van der Waals surface area contributed by atoms with Crippen molar-refractivity contribution in [3.05, 3.63) is 70.8 Å². The minimum absolute atomic E-state index is 0.00758. The van der Waals surface area contributed by atoms with Crippen LogP contribution in [0, 0.1) is 11.6 Å². The summed E-state index contributed by atoms with van der Waals surface area (Å²) in [6.07, 6.45) is 0. The molecule has 1 aliphatic heterocycles. The number of hydrogen-bond acceptors (Lipinski definition) is 5. The van der Waals surface area contributed by atoms with E-state index in [1.165, 1.54) is 6.07 Å². The summed E-state index contributed by atoms with van der Waals surface area (Å²) in [5.41, 5.74) is -0.590. The molecule has 7 nitrogen and oxygen atoms in total. The Kier molecular flexibility index (Phi) is 5.66. The zero-order chi connectivity index (χ0) is 23.0. The fourth-order valence-corrected chi connectivity index (χ4v) is 4.66. The van der Waals surface area contributed by atoms with E-state index >= 15 is 0 Å². The van der Waals surface area contributed by atoms with Crippen LogP contribution in [-0.2, 0) is 10.0 Å². The van der Waals surface area contributed by atoms with Gasteiger partial charge in [-0.3, -0.25) is 9.52 Å². The fraction of sp³-hybridized carbons (Fsp3) is 0.0952. The molecule has 11 heteroatoms. The first kappa shape index (κ1) is 21.8. The lowest BCUT2D eigenvalue weighted by Gasteiger charge is -2.15. The third-order valence-electron chi connectivity index (χ3n) is 4.70. The zero-order valence-electron chi connectivity index (χ0n) is 16.2. The number of amides is 1. The van der Waals surface area contributed by atoms with E-state index in [2.05, 4.69) is 5.32 Å². The van der Waals surface area contributed by atoms with Gasteiger partial charge < -0.3 is 15.2 Å². The smallest absolute Gasteiger partial charge is 0.265 e. The van der Waals surface area contributed by atoms with Gasteiger partial charge in [0.25, 0.3) is 15.9 Å². The number of anilines is 1. The van der Waals surface area contributed by atoms with Gasteiger partial charge in [-0.1, -0.05) is 29.8 Å². The van der Waals surface area contributed by atoms with E-state index < -0.39 is 48.9 Å². The number of hydrogen-bond donors (Lipinski definition) is 3. The van der Waals surface area contributed by atoms with Crippen molar-refractivity contribution in [1.82, 2.24) is 5.32 Å². The van der Waals surface area contributed by atoms with Crippen LogP contribution in [0.5, 0.6) is 11.5 Å². The largest absolute Gasteiger partial charge is 0.505 e. The number of phenols is 1. The van der Waals surface area contributed by atoms with E-state index in [4.69, 9.17) is 16.3 Å². The van der Waals surface area contributed by atoms with Gasteiger partial charge in [-0.15, -0.1) is 0 Å². The lowest BCUT2D eigenvalue weighted by atomic mass is 10.0. The molecule has 0 aliphatic carbocycles. The summed E-state index contributed by atoms with van der Waals surface area (Å²) in [6, 6.07) is 9.85. The quantitative estimate of drug-likeness (QED) is 0.452. The molecule has 0 fully saturated rings. The molecule has 0 radical (unpaired) electrons. The van der Waals surface area contributed by atoms with Crippen LogP contribution < -0.4 is 14.8 Å². The second-order valence-electron chi connectivity index (χ2n) is 6.82. The van der Waals surface area contributed by atoms with E-state index in [0.29, 0.717) is 6.07 Å². The number of sulfonamides is 1. The van der Waals surface area contributed by atoms with Gasteiger partial charge >= 0.3 is 0 Å². The first-order chi connectivity index (χ1) is 15.2. The molecule has 3 aromatic carbocycles. The van der Waals surface area contributed by atoms with Gasteiger partial charge in [-0.05, 0) is 24.3 Å². The number of ether oxygens (including phenoxy) is 1. The number of halogens is 3. The summed E-state index contributed by atoms with van der Waals surface area (Å²) in [4.78, 5) is 11.7. The highest BCUT2D eigenvalue weighted by Gasteiger charge is 2.26. The number of rotatable bonds is 0. The SMILES string of the molecule is O=C1NCCOc2ccccc2-c2cc(c(F)cc2F)NS(=O)(=O)c2cc1cc(Cl)c2O. The molecular weight excluding hydrogens is 466 g/mol. The lowest BCUT2D eigenvalue weighted by molar-refractivity contribution is 0.0947. The standard InChI is InChI=1S/C21H15ClF2N2O5S/c22-14-7-11-8-19(20(14)27)32(29,30)26-17-9-13(15(23)10-16(17)24)12-3-1-2-4-18(12)31-6-5-25-21(11)28/h1-4,7-10,26-27H,5-6H2,(H,25,28). The van der Waals surface area contributed by atoms with Crippen molar-refractivity contribution in [3.63, 3.8) is 0 Å². The molecule has 166 valence electrons. The van der Waals surface area contributed by atoms with Crippen LogP contribution in [0.4, 0.5) is 14.5 Å². The molecule has 0 unspecified atom stereocenters. The number of carbonyl (C=O) groups is 1. The highest BCUT2D eigenvalue weighted by molar-refractivity contribution is 7.92. The molecule has 1 heterocycles. The average Bonchev–Trinajstić information content (AvgIpc) is 2.74. The Labute approximate surface area is 186 Å². The van der Waals surface area contributed by atoms with Crippen molar-refractivity contribution in [1.29, 1.82) is 0 Å². The molecule has 0 saturated carbocycles. The Hall–Kier alpha value is -3.37. The van der Waals surface area contributed by atoms with Crippen molar-refractivity contribution in [3.8, 4) is 22.6 Å². The molecule has 0 saturated heterocycles. The van der Waals surface area contributed by atoms with Crippen molar-refractivity contribution in [2.24, 2.45) is 0 Å². The van der Waals surface area contributed by atoms with Gasteiger partial charge in [0.1, 0.15) is 28.9 Å². The number of aromatic hydroxyl groups is 1. The molecule has 0 atom stereocenters. The van der Waals surface area contributed by atoms with Crippen LogP contribution in [0.3, 0.4) is 0 Å². The van der Waals surface area contributed by atoms with Crippen LogP contribution in [0.25, 0.3) is 11.1 Å². The van der Waals surface area contributed by atoms with E-state index in [9.17, 15) is 27.1 Å². The van der Waals surface area contributed by atoms with Gasteiger partial charge in [0.2, 0.25) is 0 Å². The second-order valence-corrected chi connectivity index (χ2v) is 8.88. The molecule has 0 aromatic heterocycles. The Morgan fingerprint density at radius 2 is 1.78 bits per heavy atom. The third-order valence-corrected chi connectivity index (χ3v) is 6.37. The molecule has 4 rings (SSSR count). The van der Waals surface area contributed by atoms with Crippen molar-refractivity contribution in [2.75, 3.05) is 17.9 Å². The van der Waals surface area contributed by atoms with E-state index in [-0.39, 0.29) is 35.6 Å². The summed E-state index contributed by atoms with van der Waals surface area (Å²) in [6.45, 7) is 0.0385. The van der Waals surface area contributed by atoms with Gasteiger partial charge in [0, 0.05) is 22.8 Å². The van der Waals surface area contributed by atoms with Crippen molar-refractivity contribution < 1.29 is 31.8 Å². The van der Waals surface area contributed by atoms with Crippen LogP contribution in [-0.4, -0.2) is 32.6 Å². The number of fused-ring (bicyclic) bond motifs is 6. The fourth-order valence-electron chi connectivity index (χ4n) is 3.19. The van der Waals surface area contributed by atoms with Crippen LogP contribution in [0.1, 0.15) is 10.4 Å². The summed E-state index contributed by atoms with van der Waals surface area (Å²) in [7, 11) is -4.62. The number of benzene rings is 3. The highest BCUT2D eigenvalue weighted by Crippen LogP contribution is 2.37. The number of para-hydroxylation sites is 1. The highest BCUT2D eigenvalue weighted by atomic mass is 35.5. The van der Waals surface area contributed by atoms with Crippen LogP contribution in [0.15, 0.2) is 53.4 Å². The third kappa shape index (κ3) is 4.06. The molecule has 32 heavy (non-hydrogen) atoms. The predicted octanol–water partition coefficient (Wildman–Crippen LogP) is 3.91. The number of phenolic OH excluding ortho intramolecular Hbond substituents is 1. The van der Waals surface area contributed by atoms with Gasteiger partial charge in [0.05, 0.1) is 17.3 Å². The first-order valence-electron chi connectivity index (χ1n) is 9.22. The molecule has 3 N–H and O–H groups in total. The number of nitrogens with one attached hydrogen (secondary N) is 2. The van der Waals surface area contributed by atoms with Crippen LogP contribution in [0.2, 0.25) is 5.02 Å². The van der Waals surface area contributed by atoms with Crippen molar-refractivity contribution in [2.45, 2.75) is 4.90 Å². The molecule has 3 aromatic rings. The Morgan fingerprint density at radius 3 is 2.56 bits per heavy atom. The summed E-state index contributed by atoms with van der Waals surface area (Å²) in [5.74, 6) is -3.37. The molecular formula is C21H15ClF2N2O5S. The molecule has 1 aliphatic rings. The van der Waals surface area contributed by atoms with Gasteiger partial charge in [-0.2, -0.15) is 0 Å². The monoisotopic (exact) mass is 480 g/mol. The maximum Gasteiger partial charge on any atom is 0.265 e. The summed E-state index contributed by atoms with van der Waals surface area (Å²) >= 11 is 5.91. The maximum atomic E-state index is 14.6. The normalized spacial score (nSPS) is 15.3. The van der Waals surface area contributed by atoms with E-state index in [0.717, 1.165) is 18.2 Å². The Balaban J connectivity index is 1.93. The second kappa shape index (κ2) is 8.29. The Bertz CT molecular complexity index is 1350. The minimum Gasteiger partial charge on any atom is -0.505 e. The van der Waals surface area contributed by atoms with Crippen LogP contribution >= 0.6 is 11.6 Å². The maximum absolute atomic E-state index is 14.6. The minimum atomic E-state index is -4.62. The number of carbonyl (C=O) groups excluding carboxylic acids is 1. The first-order valence-corrected chi connectivity index (χ1v) is 11.1. The summed E-state index contributed by atoms with van der Waals surface area (Å²) in [5, 5.41) is 12.3. The topological polar surface area (TPSA) is 105 Å². The molecule has 0 spiro atoms. The zero-order valence-corrected chi connectivity index (χ0v) is 17.7.